The molecule has 196 valence electrons. The minimum absolute atomic E-state index is 0.192. The van der Waals surface area contributed by atoms with Crippen LogP contribution in [0.5, 0.6) is 5.75 Å². The van der Waals surface area contributed by atoms with Crippen LogP contribution < -0.4 is 15.4 Å². The number of likely N-dealkylation sites (tertiary alicyclic amines) is 1. The Morgan fingerprint density at radius 2 is 1.81 bits per heavy atom. The number of nitrogens with zero attached hydrogens (tertiary/aromatic N) is 1. The second-order valence-corrected chi connectivity index (χ2v) is 11.8. The average molecular weight is 498 g/mol. The second-order valence-electron chi connectivity index (χ2n) is 11.8. The van der Waals surface area contributed by atoms with Gasteiger partial charge in [-0.2, -0.15) is 0 Å². The van der Waals surface area contributed by atoms with E-state index in [1.54, 1.807) is 12.0 Å². The Labute approximate surface area is 213 Å². The van der Waals surface area contributed by atoms with Crippen molar-refractivity contribution < 1.29 is 23.9 Å². The average Bonchev–Trinajstić information content (AvgIpc) is 3.35. The number of ether oxygens (including phenoxy) is 2. The van der Waals surface area contributed by atoms with Gasteiger partial charge in [0, 0.05) is 18.6 Å². The summed E-state index contributed by atoms with van der Waals surface area (Å²) in [5, 5.41) is 6.05. The first-order valence-corrected chi connectivity index (χ1v) is 12.7. The number of nitrogens with one attached hydrogen (secondary N) is 2. The standard InChI is InChI=1S/C28H39N3O5/c1-17(2)12-15-31-22(24(33)30-26(3,4)5)28-14-13-27(6,36-28)20(21(28)25(31)34)23(32)29-16-18-8-10-19(35-7)11-9-18/h8-11,13-14,17,20-22H,12,15-16H2,1-7H3,(H,29,32)(H,30,33)/t20-,21-,22+,27+,28+/m0/s1. The topological polar surface area (TPSA) is 97.0 Å². The second kappa shape index (κ2) is 9.21. The molecule has 8 heteroatoms. The molecule has 3 aliphatic heterocycles. The van der Waals surface area contributed by atoms with Crippen LogP contribution in [0, 0.1) is 17.8 Å². The summed E-state index contributed by atoms with van der Waals surface area (Å²) in [6.07, 6.45) is 4.46. The summed E-state index contributed by atoms with van der Waals surface area (Å²) in [4.78, 5) is 42.7. The van der Waals surface area contributed by atoms with Gasteiger partial charge >= 0.3 is 0 Å². The van der Waals surface area contributed by atoms with Crippen molar-refractivity contribution in [2.24, 2.45) is 17.8 Å². The van der Waals surface area contributed by atoms with Crippen LogP contribution >= 0.6 is 0 Å². The van der Waals surface area contributed by atoms with Crippen molar-refractivity contribution in [1.29, 1.82) is 0 Å². The number of benzene rings is 1. The highest BCUT2D eigenvalue weighted by atomic mass is 16.5. The van der Waals surface area contributed by atoms with Crippen molar-refractivity contribution in [3.05, 3.63) is 42.0 Å². The molecule has 5 atom stereocenters. The van der Waals surface area contributed by atoms with Crippen LogP contribution in [0.25, 0.3) is 0 Å². The fourth-order valence-corrected chi connectivity index (χ4v) is 5.75. The zero-order valence-corrected chi connectivity index (χ0v) is 22.4. The van der Waals surface area contributed by atoms with Gasteiger partial charge in [0.1, 0.15) is 17.4 Å². The van der Waals surface area contributed by atoms with E-state index >= 15 is 0 Å². The predicted octanol–water partition coefficient (Wildman–Crippen LogP) is 2.81. The molecule has 36 heavy (non-hydrogen) atoms. The maximum Gasteiger partial charge on any atom is 0.246 e. The van der Waals surface area contributed by atoms with Crippen molar-refractivity contribution in [3.8, 4) is 5.75 Å². The molecular formula is C28H39N3O5. The molecule has 0 aliphatic carbocycles. The molecule has 0 radical (unpaired) electrons. The van der Waals surface area contributed by atoms with E-state index < -0.39 is 34.6 Å². The first kappa shape index (κ1) is 26.2. The van der Waals surface area contributed by atoms with Crippen molar-refractivity contribution in [2.45, 2.75) is 77.3 Å². The third kappa shape index (κ3) is 4.51. The Balaban J connectivity index is 1.62. The molecule has 0 saturated carbocycles. The third-order valence-electron chi connectivity index (χ3n) is 7.40. The summed E-state index contributed by atoms with van der Waals surface area (Å²) in [5.74, 6) is -1.09. The van der Waals surface area contributed by atoms with Crippen LogP contribution in [0.2, 0.25) is 0 Å². The minimum Gasteiger partial charge on any atom is -0.497 e. The molecule has 4 rings (SSSR count). The Bertz CT molecular complexity index is 1060. The molecule has 8 nitrogen and oxygen atoms in total. The quantitative estimate of drug-likeness (QED) is 0.539. The Kier molecular flexibility index (Phi) is 6.71. The van der Waals surface area contributed by atoms with E-state index in [-0.39, 0.29) is 17.7 Å². The molecular weight excluding hydrogens is 458 g/mol. The Morgan fingerprint density at radius 3 is 2.39 bits per heavy atom. The highest BCUT2D eigenvalue weighted by Gasteiger charge is 2.76. The lowest BCUT2D eigenvalue weighted by molar-refractivity contribution is -0.145. The SMILES string of the molecule is COc1ccc(CNC(=O)[C@@H]2[C@H]3C(=O)N(CCC(C)C)[C@H](C(=O)NC(C)(C)C)[C@@]34C=C[C@@]2(C)O4)cc1. The molecule has 0 aromatic heterocycles. The number of rotatable bonds is 8. The fraction of sp³-hybridized carbons (Fsp3) is 0.607. The molecule has 3 aliphatic rings. The van der Waals surface area contributed by atoms with Gasteiger partial charge in [-0.05, 0) is 57.7 Å². The number of amides is 3. The van der Waals surface area contributed by atoms with E-state index in [0.29, 0.717) is 19.0 Å². The molecule has 0 unspecified atom stereocenters. The van der Waals surface area contributed by atoms with Crippen LogP contribution in [0.3, 0.4) is 0 Å². The molecule has 2 saturated heterocycles. The zero-order chi connectivity index (χ0) is 26.5. The van der Waals surface area contributed by atoms with E-state index in [9.17, 15) is 14.4 Å². The van der Waals surface area contributed by atoms with Crippen LogP contribution in [-0.2, 0) is 25.7 Å². The summed E-state index contributed by atoms with van der Waals surface area (Å²) in [5.41, 5.74) is -1.69. The molecule has 1 spiro atoms. The summed E-state index contributed by atoms with van der Waals surface area (Å²) in [6, 6.07) is 6.63. The van der Waals surface area contributed by atoms with Gasteiger partial charge in [0.2, 0.25) is 17.7 Å². The van der Waals surface area contributed by atoms with Gasteiger partial charge in [-0.1, -0.05) is 38.1 Å². The lowest BCUT2D eigenvalue weighted by Crippen LogP contribution is -2.58. The first-order chi connectivity index (χ1) is 16.8. The van der Waals surface area contributed by atoms with E-state index in [1.807, 2.05) is 64.1 Å². The van der Waals surface area contributed by atoms with Crippen LogP contribution in [0.1, 0.15) is 53.5 Å². The largest absolute Gasteiger partial charge is 0.497 e. The molecule has 3 amide bonds. The van der Waals surface area contributed by atoms with Gasteiger partial charge in [-0.3, -0.25) is 14.4 Å². The van der Waals surface area contributed by atoms with Gasteiger partial charge < -0.3 is 25.0 Å². The lowest BCUT2D eigenvalue weighted by Gasteiger charge is -2.35. The summed E-state index contributed by atoms with van der Waals surface area (Å²) in [6.45, 7) is 12.5. The van der Waals surface area contributed by atoms with Gasteiger partial charge in [-0.15, -0.1) is 0 Å². The van der Waals surface area contributed by atoms with Gasteiger partial charge in [0.25, 0.3) is 0 Å². The fourth-order valence-electron chi connectivity index (χ4n) is 5.75. The maximum absolute atomic E-state index is 13.9. The first-order valence-electron chi connectivity index (χ1n) is 12.7. The number of methoxy groups -OCH3 is 1. The Morgan fingerprint density at radius 1 is 1.14 bits per heavy atom. The summed E-state index contributed by atoms with van der Waals surface area (Å²) in [7, 11) is 1.61. The van der Waals surface area contributed by atoms with E-state index in [0.717, 1.165) is 17.7 Å². The van der Waals surface area contributed by atoms with Gasteiger partial charge in [0.05, 0.1) is 24.5 Å². The third-order valence-corrected chi connectivity index (χ3v) is 7.40. The number of hydrogen-bond acceptors (Lipinski definition) is 5. The zero-order valence-electron chi connectivity index (χ0n) is 22.4. The van der Waals surface area contributed by atoms with Crippen LogP contribution in [-0.4, -0.2) is 59.1 Å². The van der Waals surface area contributed by atoms with Gasteiger partial charge in [-0.25, -0.2) is 0 Å². The number of fused-ring (bicyclic) bond motifs is 1. The normalized spacial score (nSPS) is 30.6. The predicted molar refractivity (Wildman–Crippen MR) is 136 cm³/mol. The summed E-state index contributed by atoms with van der Waals surface area (Å²) < 4.78 is 11.7. The molecule has 1 aromatic rings. The van der Waals surface area contributed by atoms with Crippen LogP contribution in [0.15, 0.2) is 36.4 Å². The molecule has 1 aromatic carbocycles. The molecule has 2 N–H and O–H groups in total. The highest BCUT2D eigenvalue weighted by Crippen LogP contribution is 2.59. The number of carbonyl (C=O) groups is 3. The van der Waals surface area contributed by atoms with Crippen molar-refractivity contribution in [1.82, 2.24) is 15.5 Å². The van der Waals surface area contributed by atoms with Crippen molar-refractivity contribution in [3.63, 3.8) is 0 Å². The summed E-state index contributed by atoms with van der Waals surface area (Å²) >= 11 is 0. The maximum atomic E-state index is 13.9. The van der Waals surface area contributed by atoms with Crippen LogP contribution in [0.4, 0.5) is 0 Å². The van der Waals surface area contributed by atoms with E-state index in [2.05, 4.69) is 24.5 Å². The van der Waals surface area contributed by atoms with Crippen molar-refractivity contribution >= 4 is 17.7 Å². The Hall–Kier alpha value is -2.87. The van der Waals surface area contributed by atoms with E-state index in [1.165, 1.54) is 0 Å². The highest BCUT2D eigenvalue weighted by molar-refractivity contribution is 6.00. The van der Waals surface area contributed by atoms with E-state index in [4.69, 9.17) is 9.47 Å². The smallest absolute Gasteiger partial charge is 0.246 e. The lowest BCUT2D eigenvalue weighted by atomic mass is 9.70. The number of hydrogen-bond donors (Lipinski definition) is 2. The van der Waals surface area contributed by atoms with Crippen molar-refractivity contribution in [2.75, 3.05) is 13.7 Å². The number of carbonyl (C=O) groups excluding carboxylic acids is 3. The van der Waals surface area contributed by atoms with Gasteiger partial charge in [0.15, 0.2) is 0 Å². The molecule has 2 bridgehead atoms. The molecule has 3 heterocycles. The monoisotopic (exact) mass is 497 g/mol. The molecule has 2 fully saturated rings. The minimum atomic E-state index is -1.17.